The molecule has 1 saturated carbocycles. The summed E-state index contributed by atoms with van der Waals surface area (Å²) in [6, 6.07) is 20.5. The van der Waals surface area contributed by atoms with Gasteiger partial charge in [0.1, 0.15) is 13.1 Å². The molecule has 4 nitrogen and oxygen atoms in total. The van der Waals surface area contributed by atoms with Crippen LogP contribution in [0.5, 0.6) is 0 Å². The normalized spacial score (nSPS) is 12.4. The highest BCUT2D eigenvalue weighted by atomic mass is 79.9. The number of benzene rings is 2. The summed E-state index contributed by atoms with van der Waals surface area (Å²) in [7, 11) is 4.22. The number of nitrogens with zero attached hydrogens (tertiary/aromatic N) is 1. The number of quaternary nitrogens is 1. The highest BCUT2D eigenvalue weighted by Crippen LogP contribution is 2.15. The standard InChI is InChI=1S/C13H16N2O2.C7H8.C5H10.CH3Br/c1-15(2,9-11-6-4-3-5-7-11)10-12-8-14-13(16)17-12;1-7-5-3-2-4-6-7;1-2-4-5-3-1;1-2/h3-8H,9-10H2,1-2H3;2-6H,1H3;1-5H2;1H3/p+1. The number of aromatic nitrogens is 1. The van der Waals surface area contributed by atoms with Gasteiger partial charge in [-0.1, -0.05) is 114 Å². The van der Waals surface area contributed by atoms with Gasteiger partial charge < -0.3 is 8.90 Å². The Hall–Kier alpha value is -2.11. The summed E-state index contributed by atoms with van der Waals surface area (Å²) in [5.41, 5.74) is 2.60. The molecule has 0 radical (unpaired) electrons. The molecule has 0 spiro atoms. The van der Waals surface area contributed by atoms with E-state index in [1.807, 2.05) is 42.2 Å². The molecule has 1 fully saturated rings. The van der Waals surface area contributed by atoms with Crippen molar-refractivity contribution < 1.29 is 8.90 Å². The van der Waals surface area contributed by atoms with Crippen LogP contribution >= 0.6 is 15.9 Å². The lowest BCUT2D eigenvalue weighted by Crippen LogP contribution is -2.37. The minimum Gasteiger partial charge on any atom is -0.407 e. The first-order valence-electron chi connectivity index (χ1n) is 10.9. The van der Waals surface area contributed by atoms with Crippen LogP contribution in [0, 0.1) is 6.92 Å². The van der Waals surface area contributed by atoms with Crippen molar-refractivity contribution in [3.63, 3.8) is 0 Å². The van der Waals surface area contributed by atoms with Crippen LogP contribution < -0.4 is 5.76 Å². The van der Waals surface area contributed by atoms with Gasteiger partial charge in [-0.2, -0.15) is 0 Å². The van der Waals surface area contributed by atoms with Crippen LogP contribution in [0.1, 0.15) is 49.0 Å². The van der Waals surface area contributed by atoms with Crippen molar-refractivity contribution in [2.24, 2.45) is 0 Å². The molecule has 0 unspecified atom stereocenters. The van der Waals surface area contributed by atoms with E-state index in [1.54, 1.807) is 6.20 Å². The number of halogens is 1. The van der Waals surface area contributed by atoms with Crippen molar-refractivity contribution in [3.8, 4) is 0 Å². The van der Waals surface area contributed by atoms with E-state index in [9.17, 15) is 4.79 Å². The molecule has 1 aliphatic rings. The molecule has 0 bridgehead atoms. The van der Waals surface area contributed by atoms with Gasteiger partial charge in [0.15, 0.2) is 5.76 Å². The molecule has 0 amide bonds. The van der Waals surface area contributed by atoms with Crippen molar-refractivity contribution in [1.82, 2.24) is 4.98 Å². The third-order valence-corrected chi connectivity index (χ3v) is 4.80. The molecule has 0 saturated heterocycles. The van der Waals surface area contributed by atoms with E-state index >= 15 is 0 Å². The Morgan fingerprint density at radius 2 is 1.32 bits per heavy atom. The molecule has 3 aromatic rings. The second-order valence-corrected chi connectivity index (χ2v) is 8.30. The Morgan fingerprint density at radius 1 is 0.839 bits per heavy atom. The van der Waals surface area contributed by atoms with E-state index < -0.39 is 0 Å². The molecule has 0 atom stereocenters. The zero-order valence-electron chi connectivity index (χ0n) is 19.4. The van der Waals surface area contributed by atoms with Crippen LogP contribution in [-0.4, -0.2) is 29.4 Å². The Kier molecular flexibility index (Phi) is 13.6. The smallest absolute Gasteiger partial charge is 0.407 e. The molecular formula is C26H38BrN2O2+. The van der Waals surface area contributed by atoms with Crippen LogP contribution in [0.25, 0.3) is 0 Å². The maximum atomic E-state index is 10.9. The fourth-order valence-electron chi connectivity index (χ4n) is 3.37. The maximum Gasteiger partial charge on any atom is 0.416 e. The van der Waals surface area contributed by atoms with Crippen LogP contribution in [0.4, 0.5) is 0 Å². The predicted octanol–water partition coefficient (Wildman–Crippen LogP) is 6.70. The van der Waals surface area contributed by atoms with E-state index in [1.165, 1.54) is 43.2 Å². The minimum atomic E-state index is -0.389. The number of oxazole rings is 1. The van der Waals surface area contributed by atoms with E-state index in [0.29, 0.717) is 12.3 Å². The van der Waals surface area contributed by atoms with Gasteiger partial charge in [-0.25, -0.2) is 4.79 Å². The van der Waals surface area contributed by atoms with Gasteiger partial charge >= 0.3 is 5.76 Å². The zero-order chi connectivity index (χ0) is 23.0. The van der Waals surface area contributed by atoms with E-state index in [4.69, 9.17) is 4.42 Å². The highest BCUT2D eigenvalue weighted by Gasteiger charge is 2.18. The third kappa shape index (κ3) is 13.0. The summed E-state index contributed by atoms with van der Waals surface area (Å²) in [6.07, 6.45) is 9.13. The van der Waals surface area contributed by atoms with Crippen molar-refractivity contribution in [2.45, 2.75) is 52.1 Å². The van der Waals surface area contributed by atoms with Crippen molar-refractivity contribution in [2.75, 3.05) is 19.9 Å². The summed E-state index contributed by atoms with van der Waals surface area (Å²) in [5.74, 6) is 2.11. The summed E-state index contributed by atoms with van der Waals surface area (Å²) in [6.45, 7) is 3.67. The third-order valence-electron chi connectivity index (χ3n) is 4.80. The number of hydrogen-bond acceptors (Lipinski definition) is 2. The Bertz CT molecular complexity index is 846. The van der Waals surface area contributed by atoms with Crippen molar-refractivity contribution in [3.05, 3.63) is 94.3 Å². The molecule has 0 aliphatic heterocycles. The molecule has 1 aliphatic carbocycles. The van der Waals surface area contributed by atoms with Gasteiger partial charge in [-0.05, 0) is 12.8 Å². The molecule has 1 aromatic heterocycles. The Labute approximate surface area is 196 Å². The van der Waals surface area contributed by atoms with Gasteiger partial charge in [0.25, 0.3) is 0 Å². The predicted molar refractivity (Wildman–Crippen MR) is 134 cm³/mol. The van der Waals surface area contributed by atoms with Gasteiger partial charge in [-0.15, -0.1) is 0 Å². The van der Waals surface area contributed by atoms with E-state index in [2.05, 4.69) is 66.2 Å². The number of rotatable bonds is 4. The van der Waals surface area contributed by atoms with E-state index in [-0.39, 0.29) is 5.76 Å². The zero-order valence-corrected chi connectivity index (χ0v) is 21.0. The largest absolute Gasteiger partial charge is 0.416 e. The summed E-state index contributed by atoms with van der Waals surface area (Å²) in [4.78, 5) is 13.4. The molecular weight excluding hydrogens is 452 g/mol. The van der Waals surface area contributed by atoms with Crippen LogP contribution in [0.15, 0.2) is 76.1 Å². The summed E-state index contributed by atoms with van der Waals surface area (Å²) in [5, 5.41) is 0. The number of hydrogen-bond donors (Lipinski definition) is 1. The first kappa shape index (κ1) is 26.9. The van der Waals surface area contributed by atoms with Crippen LogP contribution in [0.2, 0.25) is 0 Å². The highest BCUT2D eigenvalue weighted by molar-refractivity contribution is 9.08. The van der Waals surface area contributed by atoms with Gasteiger partial charge in [0.05, 0.1) is 20.3 Å². The number of aromatic amines is 1. The molecule has 170 valence electrons. The summed E-state index contributed by atoms with van der Waals surface area (Å²) >= 11 is 2.94. The fraction of sp³-hybridized carbons (Fsp3) is 0.423. The monoisotopic (exact) mass is 489 g/mol. The molecule has 2 aromatic carbocycles. The first-order valence-corrected chi connectivity index (χ1v) is 12.5. The van der Waals surface area contributed by atoms with Gasteiger partial charge in [0.2, 0.25) is 0 Å². The lowest BCUT2D eigenvalue weighted by atomic mass is 10.2. The van der Waals surface area contributed by atoms with Crippen LogP contribution in [0.3, 0.4) is 0 Å². The van der Waals surface area contributed by atoms with Gasteiger partial charge in [0, 0.05) is 5.56 Å². The van der Waals surface area contributed by atoms with Gasteiger partial charge in [-0.3, -0.25) is 4.98 Å². The second kappa shape index (κ2) is 15.7. The fourth-order valence-corrected chi connectivity index (χ4v) is 3.37. The quantitative estimate of drug-likeness (QED) is 0.327. The number of aryl methyl sites for hydroxylation is 1. The van der Waals surface area contributed by atoms with Crippen molar-refractivity contribution >= 4 is 15.9 Å². The molecule has 31 heavy (non-hydrogen) atoms. The lowest BCUT2D eigenvalue weighted by molar-refractivity contribution is -0.917. The number of nitrogens with one attached hydrogen (secondary N) is 1. The summed E-state index contributed by atoms with van der Waals surface area (Å²) < 4.78 is 5.77. The molecule has 1 N–H and O–H groups in total. The number of H-pyrrole nitrogens is 1. The first-order chi connectivity index (χ1) is 14.9. The maximum absolute atomic E-state index is 10.9. The van der Waals surface area contributed by atoms with Crippen molar-refractivity contribution in [1.29, 1.82) is 0 Å². The Balaban J connectivity index is 0.000000280. The topological polar surface area (TPSA) is 46.0 Å². The molecule has 1 heterocycles. The van der Waals surface area contributed by atoms with E-state index in [0.717, 1.165) is 11.0 Å². The SMILES string of the molecule is C1CCCC1.CBr.C[N+](C)(Cc1ccccc1)Cc1c[nH]c(=O)o1.Cc1ccccc1. The minimum absolute atomic E-state index is 0.389. The van der Waals surface area contributed by atoms with Crippen LogP contribution in [-0.2, 0) is 13.1 Å². The lowest BCUT2D eigenvalue weighted by Gasteiger charge is -2.28. The number of alkyl halides is 1. The average molecular weight is 491 g/mol. The molecule has 5 heteroatoms. The molecule has 4 rings (SSSR count). The Morgan fingerprint density at radius 3 is 1.71 bits per heavy atom. The second-order valence-electron chi connectivity index (χ2n) is 8.30. The average Bonchev–Trinajstić information content (AvgIpc) is 3.46.